The van der Waals surface area contributed by atoms with Crippen LogP contribution < -0.4 is 15.5 Å². The zero-order valence-corrected chi connectivity index (χ0v) is 29.2. The molecule has 0 radical (unpaired) electrons. The van der Waals surface area contributed by atoms with Gasteiger partial charge in [-0.1, -0.05) is 31.4 Å². The third-order valence-electron chi connectivity index (χ3n) is 10.9. The summed E-state index contributed by atoms with van der Waals surface area (Å²) in [6, 6.07) is 17.1. The number of aromatic nitrogens is 4. The highest BCUT2D eigenvalue weighted by Gasteiger charge is 2.38. The molecule has 258 valence electrons. The minimum atomic E-state index is 0.601. The number of aromatic amines is 1. The highest BCUT2D eigenvalue weighted by molar-refractivity contribution is 5.92. The van der Waals surface area contributed by atoms with Crippen LogP contribution in [0.25, 0.3) is 22.3 Å². The molecule has 3 N–H and O–H groups in total. The van der Waals surface area contributed by atoms with E-state index in [1.54, 1.807) is 6.33 Å². The Hall–Kier alpha value is -4.05. The van der Waals surface area contributed by atoms with E-state index in [0.29, 0.717) is 24.7 Å². The predicted octanol–water partition coefficient (Wildman–Crippen LogP) is 6.77. The number of anilines is 2. The predicted molar refractivity (Wildman–Crippen MR) is 202 cm³/mol. The first kappa shape index (κ1) is 33.4. The van der Waals surface area contributed by atoms with Crippen molar-refractivity contribution < 1.29 is 0 Å². The largest absolute Gasteiger partial charge is 0.379 e. The SMILES string of the molecule is C=CC(=C)CN1CCC1.CNC1CCCN(Cc2ccnc(CNc3ccc(-c4cc5c(N6C7CCCC6CC7)ncnc5[nH]4)cc3)c2)C1. The summed E-state index contributed by atoms with van der Waals surface area (Å²) < 4.78 is 0. The second kappa shape index (κ2) is 15.7. The average molecular weight is 660 g/mol. The lowest BCUT2D eigenvalue weighted by Crippen LogP contribution is -2.43. The number of likely N-dealkylation sites (N-methyl/N-ethyl adjacent to an activating group) is 1. The average Bonchev–Trinajstić information content (AvgIpc) is 3.66. The summed E-state index contributed by atoms with van der Waals surface area (Å²) >= 11 is 0. The topological polar surface area (TPSA) is 88.2 Å². The Balaban J connectivity index is 0.000000367. The molecular formula is C40H53N9. The van der Waals surface area contributed by atoms with Crippen molar-refractivity contribution in [2.24, 2.45) is 0 Å². The number of likely N-dealkylation sites (tertiary alicyclic amines) is 2. The summed E-state index contributed by atoms with van der Waals surface area (Å²) in [5, 5.41) is 8.13. The molecule has 1 aromatic carbocycles. The van der Waals surface area contributed by atoms with Crippen LogP contribution in [0.5, 0.6) is 0 Å². The first-order valence-electron chi connectivity index (χ1n) is 18.4. The normalized spacial score (nSPS) is 22.3. The minimum Gasteiger partial charge on any atom is -0.379 e. The molecule has 8 rings (SSSR count). The van der Waals surface area contributed by atoms with Crippen LogP contribution in [0.1, 0.15) is 62.6 Å². The van der Waals surface area contributed by atoms with Crippen molar-refractivity contribution >= 4 is 22.5 Å². The molecule has 49 heavy (non-hydrogen) atoms. The van der Waals surface area contributed by atoms with Crippen molar-refractivity contribution in [3.05, 3.63) is 91.1 Å². The molecule has 3 aromatic heterocycles. The Morgan fingerprint density at radius 2 is 1.71 bits per heavy atom. The summed E-state index contributed by atoms with van der Waals surface area (Å²) in [5.41, 5.74) is 7.77. The van der Waals surface area contributed by atoms with Crippen molar-refractivity contribution in [3.63, 3.8) is 0 Å². The Labute approximate surface area is 291 Å². The summed E-state index contributed by atoms with van der Waals surface area (Å²) in [6.07, 6.45) is 15.9. The molecule has 0 aliphatic carbocycles. The van der Waals surface area contributed by atoms with Gasteiger partial charge in [-0.3, -0.25) is 14.8 Å². The summed E-state index contributed by atoms with van der Waals surface area (Å²) in [5.74, 6) is 1.11. The third-order valence-corrected chi connectivity index (χ3v) is 10.9. The van der Waals surface area contributed by atoms with Gasteiger partial charge in [-0.15, -0.1) is 0 Å². The molecule has 0 amide bonds. The van der Waals surface area contributed by atoms with Gasteiger partial charge in [-0.05, 0) is 125 Å². The first-order valence-corrected chi connectivity index (χ1v) is 18.4. The lowest BCUT2D eigenvalue weighted by atomic mass is 10.0. The van der Waals surface area contributed by atoms with E-state index >= 15 is 0 Å². The van der Waals surface area contributed by atoms with Gasteiger partial charge >= 0.3 is 0 Å². The van der Waals surface area contributed by atoms with E-state index in [0.717, 1.165) is 64.7 Å². The summed E-state index contributed by atoms with van der Waals surface area (Å²) in [6.45, 7) is 15.0. The number of rotatable bonds is 11. The summed E-state index contributed by atoms with van der Waals surface area (Å²) in [7, 11) is 2.07. The second-order valence-corrected chi connectivity index (χ2v) is 14.3. The van der Waals surface area contributed by atoms with Gasteiger partial charge in [-0.2, -0.15) is 0 Å². The number of pyridine rings is 1. The zero-order valence-electron chi connectivity index (χ0n) is 29.2. The number of nitrogens with zero attached hydrogens (tertiary/aromatic N) is 6. The fourth-order valence-corrected chi connectivity index (χ4v) is 8.02. The summed E-state index contributed by atoms with van der Waals surface area (Å²) in [4.78, 5) is 25.0. The molecule has 4 aliphatic heterocycles. The Morgan fingerprint density at radius 3 is 2.45 bits per heavy atom. The number of hydrogen-bond donors (Lipinski definition) is 3. The number of hydrogen-bond acceptors (Lipinski definition) is 8. The van der Waals surface area contributed by atoms with Gasteiger partial charge < -0.3 is 20.5 Å². The van der Waals surface area contributed by atoms with Gasteiger partial charge in [0.05, 0.1) is 17.6 Å². The third kappa shape index (κ3) is 8.06. The van der Waals surface area contributed by atoms with Crippen LogP contribution in [0.4, 0.5) is 11.5 Å². The van der Waals surface area contributed by atoms with E-state index in [-0.39, 0.29) is 0 Å². The fourth-order valence-electron chi connectivity index (χ4n) is 8.02. The van der Waals surface area contributed by atoms with Gasteiger partial charge in [0.2, 0.25) is 0 Å². The second-order valence-electron chi connectivity index (χ2n) is 14.3. The van der Waals surface area contributed by atoms with Crippen LogP contribution in [-0.2, 0) is 13.1 Å². The van der Waals surface area contributed by atoms with Crippen LogP contribution in [-0.4, -0.2) is 87.6 Å². The standard InChI is InChI=1S/C32H40N8.C8H13N/c1-33-25-4-3-15-39(20-25)19-22-13-14-34-26(16-22)18-35-24-9-7-23(8-10-24)30-17-29-31(38-30)36-21-37-32(29)40-27-5-2-6-28(40)12-11-27;1-3-8(2)7-9-5-4-6-9/h7-10,13-14,16-17,21,25,27-28,33,35H,2-6,11-12,15,18-20H2,1H3,(H,36,37,38);3H,1-2,4-7H2. The quantitative estimate of drug-likeness (QED) is 0.152. The maximum atomic E-state index is 4.77. The lowest BCUT2D eigenvalue weighted by molar-refractivity contribution is 0.188. The maximum Gasteiger partial charge on any atom is 0.143 e. The van der Waals surface area contributed by atoms with Gasteiger partial charge in [0.15, 0.2) is 0 Å². The number of benzene rings is 1. The lowest BCUT2D eigenvalue weighted by Gasteiger charge is -2.36. The molecule has 3 unspecified atom stereocenters. The highest BCUT2D eigenvalue weighted by atomic mass is 15.3. The van der Waals surface area contributed by atoms with E-state index < -0.39 is 0 Å². The van der Waals surface area contributed by atoms with E-state index in [4.69, 9.17) is 4.98 Å². The molecule has 0 spiro atoms. The van der Waals surface area contributed by atoms with Crippen LogP contribution >= 0.6 is 0 Å². The zero-order chi connectivity index (χ0) is 33.6. The number of H-pyrrole nitrogens is 1. The van der Waals surface area contributed by atoms with E-state index in [1.807, 2.05) is 12.3 Å². The Morgan fingerprint density at radius 1 is 0.918 bits per heavy atom. The van der Waals surface area contributed by atoms with E-state index in [2.05, 4.69) is 103 Å². The fraction of sp³-hybridized carbons (Fsp3) is 0.475. The molecule has 0 saturated carbocycles. The molecule has 3 atom stereocenters. The molecule has 4 aliphatic rings. The monoisotopic (exact) mass is 659 g/mol. The van der Waals surface area contributed by atoms with Crippen molar-refractivity contribution in [3.8, 4) is 11.3 Å². The van der Waals surface area contributed by atoms with Gasteiger partial charge in [0, 0.05) is 55.3 Å². The number of piperidine rings is 2. The van der Waals surface area contributed by atoms with E-state index in [9.17, 15) is 0 Å². The number of nitrogens with one attached hydrogen (secondary N) is 3. The van der Waals surface area contributed by atoms with Crippen molar-refractivity contribution in [1.82, 2.24) is 35.1 Å². The first-order chi connectivity index (χ1) is 24.1. The molecule has 4 saturated heterocycles. The van der Waals surface area contributed by atoms with Crippen molar-refractivity contribution in [2.45, 2.75) is 82.6 Å². The molecule has 9 heteroatoms. The molecule has 4 aromatic rings. The van der Waals surface area contributed by atoms with Crippen LogP contribution in [0.2, 0.25) is 0 Å². The number of fused-ring (bicyclic) bond motifs is 3. The van der Waals surface area contributed by atoms with Crippen LogP contribution in [0.3, 0.4) is 0 Å². The van der Waals surface area contributed by atoms with Crippen molar-refractivity contribution in [2.75, 3.05) is 50.0 Å². The van der Waals surface area contributed by atoms with Gasteiger partial charge in [0.1, 0.15) is 17.8 Å². The van der Waals surface area contributed by atoms with Gasteiger partial charge in [0.25, 0.3) is 0 Å². The Kier molecular flexibility index (Phi) is 10.7. The van der Waals surface area contributed by atoms with Crippen LogP contribution in [0, 0.1) is 0 Å². The van der Waals surface area contributed by atoms with Crippen LogP contribution in [0.15, 0.2) is 79.8 Å². The minimum absolute atomic E-state index is 0.601. The van der Waals surface area contributed by atoms with Crippen molar-refractivity contribution in [1.29, 1.82) is 0 Å². The molecule has 4 fully saturated rings. The molecule has 7 heterocycles. The van der Waals surface area contributed by atoms with E-state index in [1.165, 1.54) is 76.6 Å². The molecular weight excluding hydrogens is 607 g/mol. The van der Waals surface area contributed by atoms with Gasteiger partial charge in [-0.25, -0.2) is 9.97 Å². The molecule has 2 bridgehead atoms. The smallest absolute Gasteiger partial charge is 0.143 e. The molecule has 9 nitrogen and oxygen atoms in total. The highest BCUT2D eigenvalue weighted by Crippen LogP contribution is 2.41. The Bertz CT molecular complexity index is 1690. The maximum absolute atomic E-state index is 4.77.